The molecule has 20 heavy (non-hydrogen) atoms. The van der Waals surface area contributed by atoms with Gasteiger partial charge in [0.2, 0.25) is 0 Å². The van der Waals surface area contributed by atoms with Crippen LogP contribution in [0.4, 0.5) is 0 Å². The predicted octanol–water partition coefficient (Wildman–Crippen LogP) is 6.45. The topological polar surface area (TPSA) is 0 Å². The molecule has 0 aliphatic heterocycles. The van der Waals surface area contributed by atoms with Crippen LogP contribution >= 0.6 is 0 Å². The van der Waals surface area contributed by atoms with Crippen LogP contribution in [-0.2, 0) is 0 Å². The Balaban J connectivity index is 0.00000121. The van der Waals surface area contributed by atoms with Gasteiger partial charge in [-0.2, -0.15) is 0 Å². The number of fused-ring (bicyclic) bond motifs is 5. The average Bonchev–Trinajstić information content (AvgIpc) is 2.79. The average molecular weight is 277 g/mol. The molecular weight excluding hydrogens is 240 g/mol. The Hall–Kier alpha value is 0. The van der Waals surface area contributed by atoms with Gasteiger partial charge in [0.15, 0.2) is 0 Å². The highest BCUT2D eigenvalue weighted by Gasteiger charge is 2.56. The molecule has 0 radical (unpaired) electrons. The number of hydrogen-bond donors (Lipinski definition) is 0. The third kappa shape index (κ3) is 1.92. The summed E-state index contributed by atoms with van der Waals surface area (Å²) in [4.78, 5) is 0. The largest absolute Gasteiger partial charge is 0.0776 e. The molecule has 0 bridgehead atoms. The van der Waals surface area contributed by atoms with Crippen LogP contribution in [0.1, 0.15) is 91.9 Å². The molecule has 4 aliphatic rings. The van der Waals surface area contributed by atoms with Gasteiger partial charge >= 0.3 is 0 Å². The van der Waals surface area contributed by atoms with Crippen LogP contribution in [-0.4, -0.2) is 0 Å². The van der Waals surface area contributed by atoms with E-state index < -0.39 is 0 Å². The highest BCUT2D eigenvalue weighted by molar-refractivity contribution is 5.06. The van der Waals surface area contributed by atoms with Crippen LogP contribution in [0.5, 0.6) is 0 Å². The van der Waals surface area contributed by atoms with E-state index in [1.54, 1.807) is 51.4 Å². The van der Waals surface area contributed by atoms with E-state index in [1.807, 2.05) is 0 Å². The van der Waals surface area contributed by atoms with Gasteiger partial charge in [0, 0.05) is 0 Å². The van der Waals surface area contributed by atoms with Crippen molar-refractivity contribution in [2.24, 2.45) is 34.5 Å². The van der Waals surface area contributed by atoms with Gasteiger partial charge in [0.1, 0.15) is 0 Å². The van der Waals surface area contributed by atoms with Gasteiger partial charge in [-0.1, -0.05) is 40.5 Å². The van der Waals surface area contributed by atoms with Crippen molar-refractivity contribution in [3.8, 4) is 0 Å². The maximum atomic E-state index is 2.70. The minimum atomic E-state index is 0. The molecule has 0 aromatic heterocycles. The standard InChI is InChI=1S/C19H32.CH4/c1-18-11-5-7-16(18)15-9-8-14-6-3-4-12-19(14,2)17(15)10-13-18;/h14-17H,3-13H2,1-2H3;1H4. The molecular formula is C20H36. The molecule has 0 saturated heterocycles. The molecule has 0 heterocycles. The van der Waals surface area contributed by atoms with E-state index in [0.29, 0.717) is 0 Å². The lowest BCUT2D eigenvalue weighted by Gasteiger charge is -2.60. The Bertz CT molecular complexity index is 359. The summed E-state index contributed by atoms with van der Waals surface area (Å²) in [6.07, 6.45) is 17.1. The maximum Gasteiger partial charge on any atom is -0.0266 e. The second kappa shape index (κ2) is 5.03. The summed E-state index contributed by atoms with van der Waals surface area (Å²) in [7, 11) is 0. The monoisotopic (exact) mass is 276 g/mol. The maximum absolute atomic E-state index is 2.70. The third-order valence-corrected chi connectivity index (χ3v) is 8.36. The van der Waals surface area contributed by atoms with Crippen LogP contribution in [0.25, 0.3) is 0 Å². The first-order valence-electron chi connectivity index (χ1n) is 9.13. The fourth-order valence-corrected chi connectivity index (χ4v) is 7.29. The van der Waals surface area contributed by atoms with Crippen molar-refractivity contribution in [2.75, 3.05) is 0 Å². The summed E-state index contributed by atoms with van der Waals surface area (Å²) in [5.41, 5.74) is 1.49. The van der Waals surface area contributed by atoms with Gasteiger partial charge in [-0.15, -0.1) is 0 Å². The molecule has 6 unspecified atom stereocenters. The molecule has 0 aromatic rings. The Morgan fingerprint density at radius 1 is 0.700 bits per heavy atom. The number of hydrogen-bond acceptors (Lipinski definition) is 0. The van der Waals surface area contributed by atoms with Crippen molar-refractivity contribution in [3.05, 3.63) is 0 Å². The Morgan fingerprint density at radius 3 is 2.40 bits per heavy atom. The van der Waals surface area contributed by atoms with Crippen molar-refractivity contribution in [2.45, 2.75) is 91.9 Å². The fourth-order valence-electron chi connectivity index (χ4n) is 7.29. The molecule has 4 rings (SSSR count). The molecule has 116 valence electrons. The summed E-state index contributed by atoms with van der Waals surface area (Å²) >= 11 is 0. The van der Waals surface area contributed by atoms with E-state index in [-0.39, 0.29) is 7.43 Å². The van der Waals surface area contributed by atoms with Gasteiger partial charge in [-0.05, 0) is 85.9 Å². The zero-order valence-corrected chi connectivity index (χ0v) is 13.1. The fraction of sp³-hybridized carbons (Fsp3) is 1.00. The van der Waals surface area contributed by atoms with Gasteiger partial charge < -0.3 is 0 Å². The second-order valence-electron chi connectivity index (χ2n) is 8.99. The van der Waals surface area contributed by atoms with Gasteiger partial charge in [0.25, 0.3) is 0 Å². The zero-order valence-electron chi connectivity index (χ0n) is 13.1. The van der Waals surface area contributed by atoms with Crippen molar-refractivity contribution >= 4 is 0 Å². The zero-order chi connectivity index (χ0) is 13.1. The van der Waals surface area contributed by atoms with Crippen LogP contribution in [0.3, 0.4) is 0 Å². The highest BCUT2D eigenvalue weighted by Crippen LogP contribution is 2.66. The van der Waals surface area contributed by atoms with Crippen molar-refractivity contribution < 1.29 is 0 Å². The molecule has 4 aliphatic carbocycles. The van der Waals surface area contributed by atoms with E-state index in [9.17, 15) is 0 Å². The first-order chi connectivity index (χ1) is 9.13. The minimum absolute atomic E-state index is 0. The van der Waals surface area contributed by atoms with E-state index in [1.165, 1.54) is 19.3 Å². The first-order valence-corrected chi connectivity index (χ1v) is 9.13. The summed E-state index contributed by atoms with van der Waals surface area (Å²) in [5.74, 6) is 4.41. The molecule has 0 heteroatoms. The SMILES string of the molecule is C.CC12CCCC1C1CCC3CCCCC3(C)C1CC2. The minimum Gasteiger partial charge on any atom is -0.0776 e. The Kier molecular flexibility index (Phi) is 3.75. The number of rotatable bonds is 0. The highest BCUT2D eigenvalue weighted by atomic mass is 14.6. The van der Waals surface area contributed by atoms with E-state index >= 15 is 0 Å². The molecule has 0 nitrogen and oxygen atoms in total. The first kappa shape index (κ1) is 14.9. The molecule has 4 saturated carbocycles. The molecule has 0 aromatic carbocycles. The predicted molar refractivity (Wildman–Crippen MR) is 87.7 cm³/mol. The molecule has 0 amide bonds. The van der Waals surface area contributed by atoms with Crippen LogP contribution in [0.2, 0.25) is 0 Å². The van der Waals surface area contributed by atoms with Crippen LogP contribution < -0.4 is 0 Å². The van der Waals surface area contributed by atoms with Crippen molar-refractivity contribution in [1.82, 2.24) is 0 Å². The Morgan fingerprint density at radius 2 is 1.55 bits per heavy atom. The van der Waals surface area contributed by atoms with Crippen molar-refractivity contribution in [1.29, 1.82) is 0 Å². The lowest BCUT2D eigenvalue weighted by Crippen LogP contribution is -2.51. The van der Waals surface area contributed by atoms with Crippen molar-refractivity contribution in [3.63, 3.8) is 0 Å². The molecule has 6 atom stereocenters. The summed E-state index contributed by atoms with van der Waals surface area (Å²) in [6.45, 7) is 5.33. The summed E-state index contributed by atoms with van der Waals surface area (Å²) in [6, 6.07) is 0. The van der Waals surface area contributed by atoms with E-state index in [0.717, 1.165) is 34.5 Å². The van der Waals surface area contributed by atoms with Gasteiger partial charge in [0.05, 0.1) is 0 Å². The normalized spacial score (nSPS) is 54.3. The van der Waals surface area contributed by atoms with Crippen LogP contribution in [0, 0.1) is 34.5 Å². The second-order valence-corrected chi connectivity index (χ2v) is 8.99. The van der Waals surface area contributed by atoms with Gasteiger partial charge in [-0.25, -0.2) is 0 Å². The quantitative estimate of drug-likeness (QED) is 0.477. The molecule has 0 N–H and O–H groups in total. The lowest BCUT2D eigenvalue weighted by molar-refractivity contribution is -0.103. The van der Waals surface area contributed by atoms with E-state index in [4.69, 9.17) is 0 Å². The third-order valence-electron chi connectivity index (χ3n) is 8.36. The van der Waals surface area contributed by atoms with E-state index in [2.05, 4.69) is 13.8 Å². The smallest absolute Gasteiger partial charge is 0.0266 e. The molecule has 4 fully saturated rings. The van der Waals surface area contributed by atoms with Crippen LogP contribution in [0.15, 0.2) is 0 Å². The summed E-state index contributed by atoms with van der Waals surface area (Å²) < 4.78 is 0. The summed E-state index contributed by atoms with van der Waals surface area (Å²) in [5, 5.41) is 0. The molecule has 0 spiro atoms. The lowest BCUT2D eigenvalue weighted by atomic mass is 9.45. The Labute approximate surface area is 127 Å². The van der Waals surface area contributed by atoms with Gasteiger partial charge in [-0.3, -0.25) is 0 Å².